The molecule has 0 fully saturated rings. The lowest BCUT2D eigenvalue weighted by molar-refractivity contribution is -0.128. The zero-order valence-electron chi connectivity index (χ0n) is 4.33. The Labute approximate surface area is 46.8 Å². The lowest BCUT2D eigenvalue weighted by atomic mass is 10.7. The molecule has 0 aromatic heterocycles. The number of rotatable bonds is 0. The monoisotopic (exact) mass is 132 g/mol. The lowest BCUT2D eigenvalue weighted by Crippen LogP contribution is -1.87. The molecular formula is C4H5O3P. The highest BCUT2D eigenvalue weighted by molar-refractivity contribution is 7.62. The Morgan fingerprint density at radius 1 is 1.75 bits per heavy atom. The first-order valence-corrected chi connectivity index (χ1v) is 4.24. The van der Waals surface area contributed by atoms with Gasteiger partial charge in [-0.1, -0.05) is 0 Å². The van der Waals surface area contributed by atoms with Crippen LogP contribution in [0.4, 0.5) is 0 Å². The molecule has 44 valence electrons. The quantitative estimate of drug-likeness (QED) is 0.461. The molecule has 1 aliphatic heterocycles. The van der Waals surface area contributed by atoms with E-state index in [0.29, 0.717) is 0 Å². The molecule has 0 bridgehead atoms. The van der Waals surface area contributed by atoms with Gasteiger partial charge in [-0.25, -0.2) is 4.79 Å². The molecule has 1 aliphatic rings. The van der Waals surface area contributed by atoms with Gasteiger partial charge in [0.1, 0.15) is 0 Å². The van der Waals surface area contributed by atoms with Gasteiger partial charge in [-0.15, -0.1) is 0 Å². The van der Waals surface area contributed by atoms with Crippen molar-refractivity contribution in [2.75, 3.05) is 6.66 Å². The summed E-state index contributed by atoms with van der Waals surface area (Å²) in [6.45, 7) is 1.40. The van der Waals surface area contributed by atoms with Crippen molar-refractivity contribution in [1.29, 1.82) is 0 Å². The Balaban J connectivity index is 2.88. The summed E-state index contributed by atoms with van der Waals surface area (Å²) in [5, 5.41) is 0. The van der Waals surface area contributed by atoms with Crippen molar-refractivity contribution in [1.82, 2.24) is 0 Å². The van der Waals surface area contributed by atoms with Gasteiger partial charge in [0.25, 0.3) is 7.37 Å². The Bertz CT molecular complexity index is 193. The lowest BCUT2D eigenvalue weighted by Gasteiger charge is -1.97. The summed E-state index contributed by atoms with van der Waals surface area (Å²) < 4.78 is 15.0. The van der Waals surface area contributed by atoms with Crippen molar-refractivity contribution in [3.05, 3.63) is 11.9 Å². The molecule has 0 saturated heterocycles. The fraction of sp³-hybridized carbons (Fsp3) is 0.250. The van der Waals surface area contributed by atoms with E-state index in [9.17, 15) is 9.36 Å². The van der Waals surface area contributed by atoms with E-state index in [1.54, 1.807) is 0 Å². The molecule has 0 amide bonds. The molecule has 3 nitrogen and oxygen atoms in total. The standard InChI is InChI=1S/C4H5O3P/c1-8(6)3-2-4(5)7-8/h2-3H,1H3. The van der Waals surface area contributed by atoms with E-state index in [-0.39, 0.29) is 0 Å². The van der Waals surface area contributed by atoms with Crippen LogP contribution >= 0.6 is 7.37 Å². The SMILES string of the molecule is CP1(=O)C=CC(=O)O1. The van der Waals surface area contributed by atoms with Crippen LogP contribution in [0.5, 0.6) is 0 Å². The molecule has 0 N–H and O–H groups in total. The van der Waals surface area contributed by atoms with E-state index in [1.165, 1.54) is 18.6 Å². The van der Waals surface area contributed by atoms with Gasteiger partial charge in [-0.2, -0.15) is 0 Å². The van der Waals surface area contributed by atoms with Gasteiger partial charge < -0.3 is 4.52 Å². The van der Waals surface area contributed by atoms with E-state index in [0.717, 1.165) is 0 Å². The summed E-state index contributed by atoms with van der Waals surface area (Å²) in [6.07, 6.45) is 1.18. The maximum Gasteiger partial charge on any atom is 0.336 e. The topological polar surface area (TPSA) is 43.4 Å². The summed E-state index contributed by atoms with van der Waals surface area (Å²) in [4.78, 5) is 10.2. The van der Waals surface area contributed by atoms with Gasteiger partial charge in [0.2, 0.25) is 0 Å². The van der Waals surface area contributed by atoms with Gasteiger partial charge in [-0.05, 0) is 0 Å². The summed E-state index contributed by atoms with van der Waals surface area (Å²) in [5.74, 6) is 0.797. The molecule has 1 heterocycles. The summed E-state index contributed by atoms with van der Waals surface area (Å²) in [7, 11) is -2.63. The minimum atomic E-state index is -2.63. The van der Waals surface area contributed by atoms with E-state index in [1.807, 2.05) is 0 Å². The second-order valence-corrected chi connectivity index (χ2v) is 3.93. The smallest absolute Gasteiger partial charge is 0.336 e. The molecule has 0 saturated carbocycles. The zero-order valence-corrected chi connectivity index (χ0v) is 5.22. The predicted octanol–water partition coefficient (Wildman–Crippen LogP) is 0.965. The van der Waals surface area contributed by atoms with Crippen molar-refractivity contribution in [2.45, 2.75) is 0 Å². The highest BCUT2D eigenvalue weighted by Crippen LogP contribution is 2.47. The summed E-state index contributed by atoms with van der Waals surface area (Å²) in [5.41, 5.74) is 0. The highest BCUT2D eigenvalue weighted by atomic mass is 31.2. The fourth-order valence-electron chi connectivity index (χ4n) is 0.436. The molecular weight excluding hydrogens is 127 g/mol. The van der Waals surface area contributed by atoms with Gasteiger partial charge in [0.15, 0.2) is 0 Å². The molecule has 0 aromatic rings. The van der Waals surface area contributed by atoms with Crippen molar-refractivity contribution in [2.24, 2.45) is 0 Å². The summed E-state index contributed by atoms with van der Waals surface area (Å²) in [6, 6.07) is 0. The second kappa shape index (κ2) is 1.46. The normalized spacial score (nSPS) is 35.4. The molecule has 1 unspecified atom stereocenters. The van der Waals surface area contributed by atoms with Crippen LogP contribution in [0, 0.1) is 0 Å². The molecule has 0 aliphatic carbocycles. The van der Waals surface area contributed by atoms with Crippen molar-refractivity contribution in [3.63, 3.8) is 0 Å². The maximum atomic E-state index is 10.7. The number of hydrogen-bond donors (Lipinski definition) is 0. The molecule has 0 spiro atoms. The fourth-order valence-corrected chi connectivity index (χ4v) is 1.31. The Morgan fingerprint density at radius 3 is 2.50 bits per heavy atom. The van der Waals surface area contributed by atoms with E-state index < -0.39 is 13.3 Å². The van der Waals surface area contributed by atoms with Crippen molar-refractivity contribution in [3.8, 4) is 0 Å². The average molecular weight is 132 g/mol. The second-order valence-electron chi connectivity index (χ2n) is 1.63. The van der Waals surface area contributed by atoms with Crippen LogP contribution in [0.15, 0.2) is 11.9 Å². The van der Waals surface area contributed by atoms with Gasteiger partial charge >= 0.3 is 5.97 Å². The van der Waals surface area contributed by atoms with E-state index >= 15 is 0 Å². The molecule has 1 rings (SSSR count). The first kappa shape index (κ1) is 5.57. The Kier molecular flexibility index (Phi) is 1.01. The minimum Gasteiger partial charge on any atom is -0.406 e. The van der Waals surface area contributed by atoms with Gasteiger partial charge in [0.05, 0.1) is 0 Å². The maximum absolute atomic E-state index is 10.7. The zero-order chi connectivity index (χ0) is 6.20. The third-order valence-electron chi connectivity index (χ3n) is 0.753. The molecule has 4 heteroatoms. The molecule has 0 radical (unpaired) electrons. The van der Waals surface area contributed by atoms with Crippen molar-refractivity contribution < 1.29 is 13.9 Å². The molecule has 0 aromatic carbocycles. The van der Waals surface area contributed by atoms with Crippen LogP contribution in [0.3, 0.4) is 0 Å². The van der Waals surface area contributed by atoms with Crippen LogP contribution in [-0.4, -0.2) is 12.6 Å². The Hall–Kier alpha value is -0.560. The third kappa shape index (κ3) is 0.984. The highest BCUT2D eigenvalue weighted by Gasteiger charge is 2.21. The van der Waals surface area contributed by atoms with Crippen molar-refractivity contribution >= 4 is 13.3 Å². The van der Waals surface area contributed by atoms with Gasteiger partial charge in [-0.3, -0.25) is 4.57 Å². The number of hydrogen-bond acceptors (Lipinski definition) is 3. The van der Waals surface area contributed by atoms with Crippen LogP contribution in [-0.2, 0) is 13.9 Å². The van der Waals surface area contributed by atoms with Gasteiger partial charge in [0, 0.05) is 18.6 Å². The van der Waals surface area contributed by atoms with E-state index in [4.69, 9.17) is 0 Å². The van der Waals surface area contributed by atoms with Crippen LogP contribution in [0.25, 0.3) is 0 Å². The third-order valence-corrected chi connectivity index (χ3v) is 1.99. The predicted molar refractivity (Wildman–Crippen MR) is 28.8 cm³/mol. The average Bonchev–Trinajstić information content (AvgIpc) is 1.82. The van der Waals surface area contributed by atoms with Crippen LogP contribution < -0.4 is 0 Å². The minimum absolute atomic E-state index is 0.504. The van der Waals surface area contributed by atoms with E-state index in [2.05, 4.69) is 4.52 Å². The molecule has 8 heavy (non-hydrogen) atoms. The number of carbonyl (C=O) groups excluding carboxylic acids is 1. The molecule has 1 atom stereocenters. The Morgan fingerprint density at radius 2 is 2.38 bits per heavy atom. The summed E-state index contributed by atoms with van der Waals surface area (Å²) >= 11 is 0. The first-order chi connectivity index (χ1) is 3.60. The first-order valence-electron chi connectivity index (χ1n) is 2.10. The van der Waals surface area contributed by atoms with Crippen LogP contribution in [0.2, 0.25) is 0 Å². The number of carbonyl (C=O) groups is 1. The largest absolute Gasteiger partial charge is 0.406 e. The van der Waals surface area contributed by atoms with Crippen LogP contribution in [0.1, 0.15) is 0 Å².